The Labute approximate surface area is 150 Å². The summed E-state index contributed by atoms with van der Waals surface area (Å²) in [7, 11) is 0. The lowest BCUT2D eigenvalue weighted by molar-refractivity contribution is -0.140. The Morgan fingerprint density at radius 2 is 2.04 bits per heavy atom. The quantitative estimate of drug-likeness (QED) is 0.597. The van der Waals surface area contributed by atoms with E-state index in [0.29, 0.717) is 9.47 Å². The van der Waals surface area contributed by atoms with Gasteiger partial charge >= 0.3 is 5.97 Å². The van der Waals surface area contributed by atoms with E-state index in [0.717, 1.165) is 17.8 Å². The van der Waals surface area contributed by atoms with Crippen molar-refractivity contribution in [2.75, 3.05) is 5.32 Å². The molecule has 0 fully saturated rings. The second-order valence-electron chi connectivity index (χ2n) is 5.52. The Bertz CT molecular complexity index is 732. The summed E-state index contributed by atoms with van der Waals surface area (Å²) in [4.78, 5) is 28.7. The van der Waals surface area contributed by atoms with Crippen LogP contribution in [-0.2, 0) is 4.79 Å². The first-order valence-electron chi connectivity index (χ1n) is 7.65. The highest BCUT2D eigenvalue weighted by molar-refractivity contribution is 7.19. The summed E-state index contributed by atoms with van der Waals surface area (Å²) in [5, 5.41) is 3.04. The third kappa shape index (κ3) is 4.55. The van der Waals surface area contributed by atoms with Crippen LogP contribution in [0.2, 0.25) is 4.34 Å². The number of esters is 1. The van der Waals surface area contributed by atoms with Gasteiger partial charge in [0.25, 0.3) is 5.91 Å². The maximum absolute atomic E-state index is 12.4. The number of hydrogen-bond acceptors (Lipinski definition) is 5. The van der Waals surface area contributed by atoms with Gasteiger partial charge in [0.1, 0.15) is 10.1 Å². The van der Waals surface area contributed by atoms with Crippen LogP contribution in [-0.4, -0.2) is 16.9 Å². The van der Waals surface area contributed by atoms with E-state index in [1.807, 2.05) is 20.8 Å². The lowest BCUT2D eigenvalue weighted by atomic mass is 9.94. The number of carbonyl (C=O) groups is 2. The van der Waals surface area contributed by atoms with Gasteiger partial charge < -0.3 is 4.74 Å². The Morgan fingerprint density at radius 3 is 2.67 bits per heavy atom. The van der Waals surface area contributed by atoms with Gasteiger partial charge in [0.05, 0.1) is 17.7 Å². The number of halogens is 1. The van der Waals surface area contributed by atoms with Crippen molar-refractivity contribution in [3.8, 4) is 5.75 Å². The molecule has 0 spiro atoms. The Hall–Kier alpha value is -1.92. The summed E-state index contributed by atoms with van der Waals surface area (Å²) < 4.78 is 5.93. The van der Waals surface area contributed by atoms with Gasteiger partial charge in [0.2, 0.25) is 0 Å². The maximum Gasteiger partial charge on any atom is 0.314 e. The minimum atomic E-state index is -0.402. The van der Waals surface area contributed by atoms with E-state index < -0.39 is 5.91 Å². The summed E-state index contributed by atoms with van der Waals surface area (Å²) in [6.45, 7) is 5.85. The largest absolute Gasteiger partial charge is 0.425 e. The van der Waals surface area contributed by atoms with Gasteiger partial charge in [-0.1, -0.05) is 62.3 Å². The average Bonchev–Trinajstić information content (AvgIpc) is 2.98. The first-order valence-corrected chi connectivity index (χ1v) is 8.85. The fourth-order valence-electron chi connectivity index (χ4n) is 2.01. The molecule has 1 aromatic heterocycles. The molecule has 2 aromatic rings. The molecular weight excluding hydrogens is 348 g/mol. The Kier molecular flexibility index (Phi) is 6.34. The van der Waals surface area contributed by atoms with Crippen LogP contribution in [0, 0.1) is 11.8 Å². The van der Waals surface area contributed by atoms with E-state index >= 15 is 0 Å². The minimum Gasteiger partial charge on any atom is -0.425 e. The van der Waals surface area contributed by atoms with Gasteiger partial charge in [-0.25, -0.2) is 4.98 Å². The number of thiazole rings is 1. The molecule has 1 unspecified atom stereocenters. The number of benzene rings is 1. The Balaban J connectivity index is 2.14. The highest BCUT2D eigenvalue weighted by atomic mass is 35.5. The monoisotopic (exact) mass is 366 g/mol. The molecule has 0 radical (unpaired) electrons. The molecule has 5 nitrogen and oxygen atoms in total. The molecule has 0 saturated heterocycles. The molecule has 0 aliphatic rings. The van der Waals surface area contributed by atoms with E-state index in [1.165, 1.54) is 6.20 Å². The molecule has 1 aromatic carbocycles. The van der Waals surface area contributed by atoms with Crippen molar-refractivity contribution in [3.05, 3.63) is 40.4 Å². The van der Waals surface area contributed by atoms with Crippen LogP contribution < -0.4 is 10.1 Å². The number of para-hydroxylation sites is 1. The molecule has 0 saturated carbocycles. The summed E-state index contributed by atoms with van der Waals surface area (Å²) in [5.41, 5.74) is 0.272. The first kappa shape index (κ1) is 18.4. The summed E-state index contributed by atoms with van der Waals surface area (Å²) in [5.74, 6) is -0.555. The number of nitrogens with zero attached hydrogens (tertiary/aromatic N) is 1. The molecule has 128 valence electrons. The van der Waals surface area contributed by atoms with Crippen LogP contribution in [0.15, 0.2) is 30.5 Å². The molecular formula is C17H19ClN2O3S. The minimum absolute atomic E-state index is 0.205. The Morgan fingerprint density at radius 1 is 1.33 bits per heavy atom. The van der Waals surface area contributed by atoms with Crippen molar-refractivity contribution in [2.45, 2.75) is 27.2 Å². The van der Waals surface area contributed by atoms with E-state index in [1.54, 1.807) is 24.3 Å². The SMILES string of the molecule is CCC(C)[C@H](C)C(=O)Oc1ccccc1C(=O)Nc1ncc(Cl)s1. The number of anilines is 1. The zero-order valence-corrected chi connectivity index (χ0v) is 15.3. The molecule has 2 atom stereocenters. The van der Waals surface area contributed by atoms with Crippen molar-refractivity contribution >= 4 is 39.9 Å². The van der Waals surface area contributed by atoms with E-state index in [-0.39, 0.29) is 29.1 Å². The van der Waals surface area contributed by atoms with Gasteiger partial charge in [-0.15, -0.1) is 0 Å². The molecule has 1 N–H and O–H groups in total. The fourth-order valence-corrected chi connectivity index (χ4v) is 2.81. The standard InChI is InChI=1S/C17H19ClN2O3S/c1-4-10(2)11(3)16(22)23-13-8-6-5-7-12(13)15(21)20-17-19-9-14(18)24-17/h5-11H,4H2,1-3H3,(H,19,20,21)/t10?,11-/m0/s1. The van der Waals surface area contributed by atoms with Crippen LogP contribution >= 0.6 is 22.9 Å². The van der Waals surface area contributed by atoms with Crippen LogP contribution in [0.5, 0.6) is 5.75 Å². The van der Waals surface area contributed by atoms with Crippen LogP contribution in [0.4, 0.5) is 5.13 Å². The van der Waals surface area contributed by atoms with Crippen molar-refractivity contribution in [1.82, 2.24) is 4.98 Å². The zero-order chi connectivity index (χ0) is 17.7. The highest BCUT2D eigenvalue weighted by Crippen LogP contribution is 2.26. The first-order chi connectivity index (χ1) is 11.4. The predicted molar refractivity (Wildman–Crippen MR) is 95.8 cm³/mol. The van der Waals surface area contributed by atoms with Gasteiger partial charge in [0, 0.05) is 0 Å². The normalized spacial score (nSPS) is 13.2. The molecule has 0 aliphatic carbocycles. The topological polar surface area (TPSA) is 68.3 Å². The molecule has 24 heavy (non-hydrogen) atoms. The van der Waals surface area contributed by atoms with Crippen molar-refractivity contribution in [2.24, 2.45) is 11.8 Å². The lowest BCUT2D eigenvalue weighted by Gasteiger charge is -2.17. The van der Waals surface area contributed by atoms with Gasteiger partial charge in [-0.05, 0) is 18.1 Å². The van der Waals surface area contributed by atoms with Gasteiger partial charge in [-0.2, -0.15) is 0 Å². The molecule has 0 aliphatic heterocycles. The number of amides is 1. The number of hydrogen-bond donors (Lipinski definition) is 1. The number of ether oxygens (including phenoxy) is 1. The number of nitrogens with one attached hydrogen (secondary N) is 1. The molecule has 1 heterocycles. The van der Waals surface area contributed by atoms with Crippen LogP contribution in [0.25, 0.3) is 0 Å². The summed E-state index contributed by atoms with van der Waals surface area (Å²) in [6, 6.07) is 6.62. The zero-order valence-electron chi connectivity index (χ0n) is 13.7. The van der Waals surface area contributed by atoms with Gasteiger partial charge in [0.15, 0.2) is 5.13 Å². The molecule has 1 amide bonds. The molecule has 2 rings (SSSR count). The van der Waals surface area contributed by atoms with Crippen LogP contribution in [0.1, 0.15) is 37.6 Å². The maximum atomic E-state index is 12.4. The predicted octanol–water partition coefficient (Wildman–Crippen LogP) is 4.64. The van der Waals surface area contributed by atoms with Crippen molar-refractivity contribution < 1.29 is 14.3 Å². The number of rotatable bonds is 6. The van der Waals surface area contributed by atoms with E-state index in [2.05, 4.69) is 10.3 Å². The lowest BCUT2D eigenvalue weighted by Crippen LogP contribution is -2.24. The van der Waals surface area contributed by atoms with Gasteiger partial charge in [-0.3, -0.25) is 14.9 Å². The summed E-state index contributed by atoms with van der Waals surface area (Å²) in [6.07, 6.45) is 2.34. The van der Waals surface area contributed by atoms with Crippen molar-refractivity contribution in [3.63, 3.8) is 0 Å². The third-order valence-corrected chi connectivity index (χ3v) is 4.94. The molecule has 0 bridgehead atoms. The second-order valence-corrected chi connectivity index (χ2v) is 7.18. The fraction of sp³-hybridized carbons (Fsp3) is 0.353. The van der Waals surface area contributed by atoms with E-state index in [9.17, 15) is 9.59 Å². The van der Waals surface area contributed by atoms with E-state index in [4.69, 9.17) is 16.3 Å². The number of carbonyl (C=O) groups excluding carboxylic acids is 2. The molecule has 7 heteroatoms. The van der Waals surface area contributed by atoms with Crippen molar-refractivity contribution in [1.29, 1.82) is 0 Å². The number of aromatic nitrogens is 1. The average molecular weight is 367 g/mol. The smallest absolute Gasteiger partial charge is 0.314 e. The second kappa shape index (κ2) is 8.26. The van der Waals surface area contributed by atoms with Crippen LogP contribution in [0.3, 0.4) is 0 Å². The highest BCUT2D eigenvalue weighted by Gasteiger charge is 2.23. The summed E-state index contributed by atoms with van der Waals surface area (Å²) >= 11 is 6.96. The third-order valence-electron chi connectivity index (χ3n) is 3.91.